The van der Waals surface area contributed by atoms with E-state index in [9.17, 15) is 5.26 Å². The van der Waals surface area contributed by atoms with Crippen LogP contribution in [0.25, 0.3) is 10.9 Å². The van der Waals surface area contributed by atoms with Crippen molar-refractivity contribution in [3.63, 3.8) is 0 Å². The van der Waals surface area contributed by atoms with E-state index in [1.807, 2.05) is 36.4 Å². The van der Waals surface area contributed by atoms with Crippen LogP contribution in [0.3, 0.4) is 0 Å². The van der Waals surface area contributed by atoms with Crippen molar-refractivity contribution in [2.75, 3.05) is 43.5 Å². The molecule has 4 N–H and O–H groups in total. The van der Waals surface area contributed by atoms with Crippen LogP contribution < -0.4 is 21.6 Å². The molecule has 43 heavy (non-hydrogen) atoms. The molecule has 3 aromatic rings. The summed E-state index contributed by atoms with van der Waals surface area (Å²) < 4.78 is 5.41. The molecule has 4 aliphatic rings. The second-order valence-electron chi connectivity index (χ2n) is 13.2. The minimum atomic E-state index is -0.292. The van der Waals surface area contributed by atoms with E-state index in [1.54, 1.807) is 6.20 Å². The van der Waals surface area contributed by atoms with Gasteiger partial charge in [0.2, 0.25) is 0 Å². The summed E-state index contributed by atoms with van der Waals surface area (Å²) in [6.45, 7) is 11.1. The zero-order chi connectivity index (χ0) is 29.9. The van der Waals surface area contributed by atoms with E-state index in [4.69, 9.17) is 27.9 Å². The number of aromatic nitrogens is 1. The molecule has 224 valence electrons. The molecule has 0 spiro atoms. The number of halogens is 2. The SMILES string of the molecule is CC(C)(C)CNc1c(C#N)cnc2c(Cl)cc(NC(C3=CN(C4[C@H]5CN(C6COC6)C[C@@H]45)NN3)c3ccccc3Cl)cc12. The van der Waals surface area contributed by atoms with E-state index >= 15 is 0 Å². The predicted molar refractivity (Wildman–Crippen MR) is 170 cm³/mol. The van der Waals surface area contributed by atoms with Gasteiger partial charge in [0.05, 0.1) is 58.8 Å². The van der Waals surface area contributed by atoms with Crippen LogP contribution in [0.2, 0.25) is 10.0 Å². The number of ether oxygens (including phenoxy) is 1. The van der Waals surface area contributed by atoms with Gasteiger partial charge in [-0.05, 0) is 41.0 Å². The van der Waals surface area contributed by atoms with Crippen LogP contribution in [0.4, 0.5) is 11.4 Å². The normalized spacial score (nSPS) is 24.1. The zero-order valence-electron chi connectivity index (χ0n) is 24.5. The lowest BCUT2D eigenvalue weighted by Crippen LogP contribution is -2.50. The van der Waals surface area contributed by atoms with Gasteiger partial charge < -0.3 is 20.8 Å². The van der Waals surface area contributed by atoms with E-state index in [0.717, 1.165) is 54.3 Å². The average molecular weight is 620 g/mol. The Morgan fingerprint density at radius 3 is 2.58 bits per heavy atom. The van der Waals surface area contributed by atoms with Crippen LogP contribution in [0.15, 0.2) is 54.5 Å². The van der Waals surface area contributed by atoms with Crippen LogP contribution >= 0.6 is 23.2 Å². The number of piperidine rings is 1. The topological polar surface area (TPSA) is 101 Å². The number of benzene rings is 2. The number of hydrogen-bond donors (Lipinski definition) is 4. The predicted octanol–water partition coefficient (Wildman–Crippen LogP) is 5.52. The highest BCUT2D eigenvalue weighted by atomic mass is 35.5. The highest BCUT2D eigenvalue weighted by Crippen LogP contribution is 2.50. The summed E-state index contributed by atoms with van der Waals surface area (Å²) in [5.74, 6) is 1.30. The first-order chi connectivity index (χ1) is 20.7. The molecule has 4 atom stereocenters. The number of pyridine rings is 1. The Morgan fingerprint density at radius 1 is 1.14 bits per heavy atom. The van der Waals surface area contributed by atoms with Crippen molar-refractivity contribution in [1.82, 2.24) is 25.9 Å². The molecule has 2 aromatic carbocycles. The van der Waals surface area contributed by atoms with Crippen molar-refractivity contribution in [3.05, 3.63) is 75.7 Å². The van der Waals surface area contributed by atoms with Gasteiger partial charge in [0.1, 0.15) is 6.07 Å². The van der Waals surface area contributed by atoms with Crippen molar-refractivity contribution >= 4 is 45.5 Å². The van der Waals surface area contributed by atoms with Gasteiger partial charge in [-0.3, -0.25) is 14.9 Å². The first kappa shape index (κ1) is 28.5. The summed E-state index contributed by atoms with van der Waals surface area (Å²) in [5, 5.41) is 21.2. The average Bonchev–Trinajstić information content (AvgIpc) is 3.26. The third-order valence-electron chi connectivity index (χ3n) is 8.92. The molecule has 1 saturated carbocycles. The first-order valence-electron chi connectivity index (χ1n) is 14.8. The maximum Gasteiger partial charge on any atom is 0.103 e. The largest absolute Gasteiger partial charge is 0.383 e. The lowest BCUT2D eigenvalue weighted by Gasteiger charge is -2.36. The molecule has 0 bridgehead atoms. The first-order valence-corrected chi connectivity index (χ1v) is 15.6. The van der Waals surface area contributed by atoms with Crippen molar-refractivity contribution in [2.45, 2.75) is 38.9 Å². The second kappa shape index (κ2) is 11.0. The minimum absolute atomic E-state index is 0.0145. The molecule has 2 saturated heterocycles. The number of fused-ring (bicyclic) bond motifs is 2. The van der Waals surface area contributed by atoms with Crippen LogP contribution in [0.1, 0.15) is 37.9 Å². The van der Waals surface area contributed by atoms with Gasteiger partial charge >= 0.3 is 0 Å². The van der Waals surface area contributed by atoms with Gasteiger partial charge in [-0.1, -0.05) is 62.2 Å². The Bertz CT molecular complexity index is 1620. The number of nitrogens with zero attached hydrogens (tertiary/aromatic N) is 4. The van der Waals surface area contributed by atoms with E-state index in [-0.39, 0.29) is 11.5 Å². The minimum Gasteiger partial charge on any atom is -0.383 e. The summed E-state index contributed by atoms with van der Waals surface area (Å²) >= 11 is 13.6. The van der Waals surface area contributed by atoms with E-state index in [0.29, 0.717) is 51.6 Å². The molecule has 2 unspecified atom stereocenters. The summed E-state index contributed by atoms with van der Waals surface area (Å²) in [5.41, 5.74) is 11.4. The molecule has 3 aliphatic heterocycles. The van der Waals surface area contributed by atoms with Crippen molar-refractivity contribution < 1.29 is 4.74 Å². The Morgan fingerprint density at radius 2 is 1.91 bits per heavy atom. The molecule has 9 nitrogen and oxygen atoms in total. The molecule has 4 heterocycles. The summed E-state index contributed by atoms with van der Waals surface area (Å²) in [6, 6.07) is 14.8. The highest BCUT2D eigenvalue weighted by Gasteiger charge is 2.60. The van der Waals surface area contributed by atoms with Gasteiger partial charge in [-0.25, -0.2) is 0 Å². The maximum atomic E-state index is 9.88. The van der Waals surface area contributed by atoms with E-state index in [1.165, 1.54) is 0 Å². The standard InChI is InChI=1S/C32H36Cl2N8O/c1-32(2,3)17-37-28-18(10-35)11-36-29-22(28)8-19(9-26(29)34)38-30(21-6-4-5-7-25(21)33)27-14-42(40-39-27)31-23-12-41(13-24(23)31)20-15-43-16-20/h4-9,11,14,20,23-24,30-31,38-40H,12-13,15-17H2,1-3H3,(H,36,37)/t23-,24+,30?,31?. The maximum absolute atomic E-state index is 9.88. The lowest BCUT2D eigenvalue weighted by molar-refractivity contribution is -0.0625. The van der Waals surface area contributed by atoms with Crippen LogP contribution in [0, 0.1) is 28.6 Å². The smallest absolute Gasteiger partial charge is 0.103 e. The van der Waals surface area contributed by atoms with Gasteiger partial charge in [-0.15, -0.1) is 5.53 Å². The van der Waals surface area contributed by atoms with E-state index in [2.05, 4.69) is 69.5 Å². The number of nitrogens with one attached hydrogen (secondary N) is 4. The van der Waals surface area contributed by atoms with Crippen LogP contribution in [0.5, 0.6) is 0 Å². The Labute approximate surface area is 262 Å². The molecule has 0 radical (unpaired) electrons. The quantitative estimate of drug-likeness (QED) is 0.260. The van der Waals surface area contributed by atoms with Gasteiger partial charge in [0, 0.05) is 48.1 Å². The van der Waals surface area contributed by atoms with Crippen molar-refractivity contribution in [2.24, 2.45) is 17.3 Å². The Balaban J connectivity index is 1.19. The highest BCUT2D eigenvalue weighted by molar-refractivity contribution is 6.36. The summed E-state index contributed by atoms with van der Waals surface area (Å²) in [7, 11) is 0. The summed E-state index contributed by atoms with van der Waals surface area (Å²) in [4.78, 5) is 7.10. The van der Waals surface area contributed by atoms with Gasteiger partial charge in [-0.2, -0.15) is 5.26 Å². The number of anilines is 2. The lowest BCUT2D eigenvalue weighted by atomic mass is 9.96. The second-order valence-corrected chi connectivity index (χ2v) is 14.0. The number of rotatable bonds is 8. The third kappa shape index (κ3) is 5.47. The Kier molecular flexibility index (Phi) is 7.31. The molecule has 11 heteroatoms. The number of hydrogen-bond acceptors (Lipinski definition) is 9. The summed E-state index contributed by atoms with van der Waals surface area (Å²) in [6.07, 6.45) is 3.74. The molecular formula is C32H36Cl2N8O. The molecule has 1 aliphatic carbocycles. The fraction of sp³-hybridized carbons (Fsp3) is 0.438. The molecular weight excluding hydrogens is 583 g/mol. The van der Waals surface area contributed by atoms with Crippen LogP contribution in [-0.4, -0.2) is 59.8 Å². The monoisotopic (exact) mass is 618 g/mol. The fourth-order valence-corrected chi connectivity index (χ4v) is 7.01. The van der Waals surface area contributed by atoms with Gasteiger partial charge in [0.15, 0.2) is 0 Å². The third-order valence-corrected chi connectivity index (χ3v) is 9.55. The van der Waals surface area contributed by atoms with Gasteiger partial charge in [0.25, 0.3) is 0 Å². The molecule has 7 rings (SSSR count). The van der Waals surface area contributed by atoms with Crippen molar-refractivity contribution in [3.8, 4) is 6.07 Å². The Hall–Kier alpha value is -3.26. The van der Waals surface area contributed by atoms with Crippen LogP contribution in [-0.2, 0) is 4.74 Å². The molecule has 1 aromatic heterocycles. The zero-order valence-corrected chi connectivity index (χ0v) is 26.0. The number of hydrazine groups is 2. The fourth-order valence-electron chi connectivity index (χ4n) is 6.49. The van der Waals surface area contributed by atoms with E-state index < -0.39 is 0 Å². The molecule has 3 fully saturated rings. The van der Waals surface area contributed by atoms with Crippen molar-refractivity contribution in [1.29, 1.82) is 5.26 Å². The number of likely N-dealkylation sites (tertiary alicyclic amines) is 1. The molecule has 0 amide bonds. The number of nitriles is 1.